The molecule has 7 nitrogen and oxygen atoms in total. The van der Waals surface area contributed by atoms with Crippen LogP contribution in [0, 0.1) is 5.92 Å². The van der Waals surface area contributed by atoms with E-state index < -0.39 is 0 Å². The summed E-state index contributed by atoms with van der Waals surface area (Å²) in [5, 5.41) is 7.94. The number of piperidine rings is 1. The van der Waals surface area contributed by atoms with Crippen molar-refractivity contribution in [3.63, 3.8) is 0 Å². The first-order chi connectivity index (χ1) is 18.7. The normalized spacial score (nSPS) is 19.8. The second-order valence-electron chi connectivity index (χ2n) is 11.5. The lowest BCUT2D eigenvalue weighted by molar-refractivity contribution is 0.227. The molecule has 2 aromatic carbocycles. The fraction of sp³-hybridized carbons (Fsp3) is 0.548. The topological polar surface area (TPSA) is 82.3 Å². The van der Waals surface area contributed by atoms with E-state index in [2.05, 4.69) is 49.7 Å². The summed E-state index contributed by atoms with van der Waals surface area (Å²) >= 11 is 0. The van der Waals surface area contributed by atoms with Crippen LogP contribution in [0.2, 0.25) is 0 Å². The molecule has 3 fully saturated rings. The predicted molar refractivity (Wildman–Crippen MR) is 158 cm³/mol. The van der Waals surface area contributed by atoms with Gasteiger partial charge in [0.25, 0.3) is 0 Å². The highest BCUT2D eigenvalue weighted by molar-refractivity contribution is 5.87. The molecule has 1 aliphatic carbocycles. The predicted octanol–water partition coefficient (Wildman–Crippen LogP) is 5.52. The van der Waals surface area contributed by atoms with E-state index in [4.69, 9.17) is 10.7 Å². The minimum absolute atomic E-state index is 0.511. The molecule has 4 N–H and O–H groups in total. The first-order valence-electron chi connectivity index (χ1n) is 14.8. The number of nitrogens with two attached hydrogens (primary N) is 1. The number of nitrogens with one attached hydrogen (secondary N) is 2. The number of aromatic nitrogens is 2. The molecule has 3 aromatic rings. The van der Waals surface area contributed by atoms with Crippen LogP contribution in [0.5, 0.6) is 0 Å². The molecular formula is C31H43N7. The van der Waals surface area contributed by atoms with Crippen molar-refractivity contribution in [1.82, 2.24) is 20.2 Å². The summed E-state index contributed by atoms with van der Waals surface area (Å²) in [6.45, 7) is 8.32. The second kappa shape index (κ2) is 11.9. The first kappa shape index (κ1) is 25.4. The van der Waals surface area contributed by atoms with Gasteiger partial charge in [0.1, 0.15) is 0 Å². The Balaban J connectivity index is 1.04. The van der Waals surface area contributed by atoms with Crippen molar-refractivity contribution in [2.45, 2.75) is 57.3 Å². The van der Waals surface area contributed by atoms with Crippen molar-refractivity contribution >= 4 is 33.9 Å². The first-order valence-corrected chi connectivity index (χ1v) is 14.8. The van der Waals surface area contributed by atoms with E-state index in [1.54, 1.807) is 0 Å². The van der Waals surface area contributed by atoms with E-state index in [0.29, 0.717) is 11.9 Å². The lowest BCUT2D eigenvalue weighted by Gasteiger charge is -2.34. The molecule has 38 heavy (non-hydrogen) atoms. The number of hydrogen-bond acceptors (Lipinski definition) is 7. The van der Waals surface area contributed by atoms with Gasteiger partial charge in [-0.15, -0.1) is 0 Å². The second-order valence-corrected chi connectivity index (χ2v) is 11.5. The molecular weight excluding hydrogens is 470 g/mol. The molecule has 3 aliphatic rings. The van der Waals surface area contributed by atoms with Gasteiger partial charge in [-0.1, -0.05) is 12.8 Å². The smallest absolute Gasteiger partial charge is 0.227 e. The van der Waals surface area contributed by atoms with E-state index in [1.165, 1.54) is 82.3 Å². The Labute approximate surface area is 227 Å². The number of hydrogen-bond donors (Lipinski definition) is 3. The van der Waals surface area contributed by atoms with Gasteiger partial charge in [0.15, 0.2) is 0 Å². The zero-order valence-corrected chi connectivity index (χ0v) is 22.7. The van der Waals surface area contributed by atoms with Gasteiger partial charge in [0.05, 0.1) is 5.52 Å². The van der Waals surface area contributed by atoms with Gasteiger partial charge in [0.2, 0.25) is 5.95 Å². The Morgan fingerprint density at radius 2 is 1.68 bits per heavy atom. The zero-order chi connectivity index (χ0) is 25.7. The molecule has 6 rings (SSSR count). The molecule has 0 amide bonds. The summed E-state index contributed by atoms with van der Waals surface area (Å²) < 4.78 is 0. The molecule has 2 saturated heterocycles. The van der Waals surface area contributed by atoms with Crippen molar-refractivity contribution in [3.8, 4) is 0 Å². The molecule has 2 aliphatic heterocycles. The van der Waals surface area contributed by atoms with Gasteiger partial charge in [0, 0.05) is 73.5 Å². The fourth-order valence-corrected chi connectivity index (χ4v) is 6.74. The summed E-state index contributed by atoms with van der Waals surface area (Å²) in [6.07, 6.45) is 12.2. The minimum atomic E-state index is 0.511. The molecule has 1 aromatic heterocycles. The van der Waals surface area contributed by atoms with Gasteiger partial charge in [-0.05, 0) is 93.3 Å². The van der Waals surface area contributed by atoms with Crippen molar-refractivity contribution in [2.75, 3.05) is 61.8 Å². The van der Waals surface area contributed by atoms with Gasteiger partial charge in [-0.2, -0.15) is 0 Å². The number of benzene rings is 2. The average Bonchev–Trinajstić information content (AvgIpc) is 3.49. The Hall–Kier alpha value is -2.90. The molecule has 202 valence electrons. The third-order valence-electron chi connectivity index (χ3n) is 8.99. The largest absolute Gasteiger partial charge is 0.398 e. The van der Waals surface area contributed by atoms with E-state index in [-0.39, 0.29) is 0 Å². The summed E-state index contributed by atoms with van der Waals surface area (Å²) in [6, 6.07) is 12.8. The van der Waals surface area contributed by atoms with Gasteiger partial charge >= 0.3 is 0 Å². The van der Waals surface area contributed by atoms with Gasteiger partial charge < -0.3 is 26.2 Å². The van der Waals surface area contributed by atoms with Crippen LogP contribution in [0.1, 0.15) is 62.8 Å². The molecule has 7 heteroatoms. The molecule has 1 saturated carbocycles. The van der Waals surface area contributed by atoms with E-state index >= 15 is 0 Å². The number of fused-ring (bicyclic) bond motifs is 1. The highest BCUT2D eigenvalue weighted by atomic mass is 15.2. The highest BCUT2D eigenvalue weighted by Gasteiger charge is 2.23. The van der Waals surface area contributed by atoms with E-state index in [9.17, 15) is 0 Å². The maximum atomic E-state index is 6.43. The van der Waals surface area contributed by atoms with Crippen molar-refractivity contribution < 1.29 is 0 Å². The average molecular weight is 514 g/mol. The monoisotopic (exact) mass is 513 g/mol. The van der Waals surface area contributed by atoms with Crippen molar-refractivity contribution in [1.29, 1.82) is 0 Å². The maximum absolute atomic E-state index is 6.43. The Bertz CT molecular complexity index is 1190. The number of nitrogens with zero attached hydrogens (tertiary/aromatic N) is 4. The van der Waals surface area contributed by atoms with Crippen molar-refractivity contribution in [3.05, 3.63) is 48.2 Å². The lowest BCUT2D eigenvalue weighted by atomic mass is 9.92. The summed E-state index contributed by atoms with van der Waals surface area (Å²) in [4.78, 5) is 14.7. The Morgan fingerprint density at radius 1 is 0.921 bits per heavy atom. The molecule has 3 heterocycles. The highest BCUT2D eigenvalue weighted by Crippen LogP contribution is 2.40. The molecule has 0 spiro atoms. The molecule has 0 bridgehead atoms. The van der Waals surface area contributed by atoms with Crippen LogP contribution in [-0.4, -0.2) is 60.7 Å². The number of piperazine rings is 1. The lowest BCUT2D eigenvalue weighted by Crippen LogP contribution is -2.43. The SMILES string of the molecule is Nc1ccc2cnc(Nc3ccc(N4CCC(CCCN5CCNCC5)CC4)cc3)nc2c1C1CCCC1. The summed E-state index contributed by atoms with van der Waals surface area (Å²) in [5.74, 6) is 2.03. The van der Waals surface area contributed by atoms with E-state index in [1.807, 2.05) is 18.3 Å². The Kier molecular flexibility index (Phi) is 7.93. The third kappa shape index (κ3) is 5.89. The van der Waals surface area contributed by atoms with Crippen LogP contribution in [0.3, 0.4) is 0 Å². The standard InChI is InChI=1S/C31H43N7/c32-28-12-7-25-22-34-31(36-30(25)29(28)24-5-1-2-6-24)35-26-8-10-27(11-9-26)38-18-13-23(14-19-38)4-3-17-37-20-15-33-16-21-37/h7-12,22-24,33H,1-6,13-21,32H2,(H,34,35,36). The Morgan fingerprint density at radius 3 is 2.45 bits per heavy atom. The van der Waals surface area contributed by atoms with Crippen LogP contribution in [0.25, 0.3) is 10.9 Å². The summed E-state index contributed by atoms with van der Waals surface area (Å²) in [7, 11) is 0. The van der Waals surface area contributed by atoms with Gasteiger partial charge in [-0.3, -0.25) is 0 Å². The van der Waals surface area contributed by atoms with Crippen LogP contribution >= 0.6 is 0 Å². The van der Waals surface area contributed by atoms with Crippen LogP contribution in [0.4, 0.5) is 23.0 Å². The number of anilines is 4. The number of rotatable bonds is 8. The van der Waals surface area contributed by atoms with Gasteiger partial charge in [-0.25, -0.2) is 9.97 Å². The maximum Gasteiger partial charge on any atom is 0.227 e. The summed E-state index contributed by atoms with van der Waals surface area (Å²) in [5.41, 5.74) is 11.8. The fourth-order valence-electron chi connectivity index (χ4n) is 6.74. The molecule has 0 atom stereocenters. The van der Waals surface area contributed by atoms with E-state index in [0.717, 1.165) is 54.4 Å². The number of nitrogen functional groups attached to an aromatic ring is 1. The van der Waals surface area contributed by atoms with Crippen LogP contribution in [0.15, 0.2) is 42.6 Å². The van der Waals surface area contributed by atoms with Crippen LogP contribution < -0.4 is 21.3 Å². The third-order valence-corrected chi connectivity index (χ3v) is 8.99. The minimum Gasteiger partial charge on any atom is -0.398 e. The molecule has 0 unspecified atom stereocenters. The van der Waals surface area contributed by atoms with Crippen LogP contribution in [-0.2, 0) is 0 Å². The van der Waals surface area contributed by atoms with Crippen molar-refractivity contribution in [2.24, 2.45) is 5.92 Å². The molecule has 0 radical (unpaired) electrons. The quantitative estimate of drug-likeness (QED) is 0.342. The zero-order valence-electron chi connectivity index (χ0n) is 22.7.